The number of thioether (sulfide) groups is 1. The number of hydrogen-bond donors (Lipinski definition) is 1. The van der Waals surface area contributed by atoms with Gasteiger partial charge in [0.2, 0.25) is 0 Å². The Kier molecular flexibility index (Phi) is 4.86. The van der Waals surface area contributed by atoms with Crippen molar-refractivity contribution in [3.63, 3.8) is 0 Å². The molecule has 6 heteroatoms. The van der Waals surface area contributed by atoms with Crippen molar-refractivity contribution < 1.29 is 4.39 Å². The van der Waals surface area contributed by atoms with Crippen LogP contribution >= 0.6 is 35.6 Å². The molecule has 2 aromatic rings. The third-order valence-corrected chi connectivity index (χ3v) is 5.25. The van der Waals surface area contributed by atoms with Crippen LogP contribution in [-0.2, 0) is 0 Å². The molecule has 1 atom stereocenters. The Hall–Kier alpha value is -1.30. The van der Waals surface area contributed by atoms with Crippen molar-refractivity contribution in [1.29, 1.82) is 0 Å². The Morgan fingerprint density at radius 1 is 1.23 bits per heavy atom. The predicted molar refractivity (Wildman–Crippen MR) is 96.0 cm³/mol. The number of nitrogens with one attached hydrogen (secondary N) is 1. The van der Waals surface area contributed by atoms with Gasteiger partial charge in [-0.05, 0) is 42.5 Å². The Morgan fingerprint density at radius 3 is 2.68 bits per heavy atom. The van der Waals surface area contributed by atoms with E-state index in [-0.39, 0.29) is 11.2 Å². The molecular formula is C16H14ClFN2S2. The smallest absolute Gasteiger partial charge is 0.174 e. The summed E-state index contributed by atoms with van der Waals surface area (Å²) in [6, 6.07) is 14.2. The van der Waals surface area contributed by atoms with Gasteiger partial charge in [-0.2, -0.15) is 0 Å². The summed E-state index contributed by atoms with van der Waals surface area (Å²) in [7, 11) is 0. The number of anilines is 1. The molecule has 0 unspecified atom stereocenters. The van der Waals surface area contributed by atoms with Crippen LogP contribution in [0.4, 0.5) is 10.1 Å². The van der Waals surface area contributed by atoms with Crippen LogP contribution in [0.1, 0.15) is 10.9 Å². The quantitative estimate of drug-likeness (QED) is 0.771. The lowest BCUT2D eigenvalue weighted by atomic mass is 10.2. The molecule has 2 nitrogen and oxygen atoms in total. The van der Waals surface area contributed by atoms with Crippen molar-refractivity contribution in [1.82, 2.24) is 4.90 Å². The summed E-state index contributed by atoms with van der Waals surface area (Å²) in [5, 5.41) is 4.38. The van der Waals surface area contributed by atoms with E-state index in [9.17, 15) is 4.39 Å². The van der Waals surface area contributed by atoms with E-state index < -0.39 is 0 Å². The van der Waals surface area contributed by atoms with Crippen molar-refractivity contribution in [2.75, 3.05) is 17.6 Å². The van der Waals surface area contributed by atoms with Gasteiger partial charge in [0.15, 0.2) is 5.11 Å². The number of rotatable bonds is 2. The minimum absolute atomic E-state index is 0.0894. The average molecular weight is 353 g/mol. The molecule has 0 aromatic heterocycles. The SMILES string of the molecule is Fc1ccccc1[C@H]1SCCN1C(=S)Nc1ccc(Cl)cc1. The standard InChI is InChI=1S/C16H14ClFN2S2/c17-11-5-7-12(8-6-11)19-16(21)20-9-10-22-15(20)13-3-1-2-4-14(13)18/h1-8,15H,9-10H2,(H,19,21)/t15-/m1/s1. The maximum Gasteiger partial charge on any atom is 0.174 e. The molecule has 1 fully saturated rings. The van der Waals surface area contributed by atoms with Gasteiger partial charge in [0.1, 0.15) is 11.2 Å². The van der Waals surface area contributed by atoms with Crippen LogP contribution in [-0.4, -0.2) is 22.3 Å². The molecule has 1 heterocycles. The first-order valence-electron chi connectivity index (χ1n) is 6.84. The second-order valence-corrected chi connectivity index (χ2v) is 6.89. The Bertz CT molecular complexity index is 678. The lowest BCUT2D eigenvalue weighted by Crippen LogP contribution is -2.34. The first-order chi connectivity index (χ1) is 10.6. The van der Waals surface area contributed by atoms with E-state index >= 15 is 0 Å². The molecular weight excluding hydrogens is 339 g/mol. The summed E-state index contributed by atoms with van der Waals surface area (Å²) in [5.41, 5.74) is 1.55. The van der Waals surface area contributed by atoms with Crippen molar-refractivity contribution in [3.8, 4) is 0 Å². The molecule has 1 N–H and O–H groups in total. The maximum atomic E-state index is 14.0. The molecule has 114 valence electrons. The Labute approximate surface area is 143 Å². The van der Waals surface area contributed by atoms with E-state index in [4.69, 9.17) is 23.8 Å². The van der Waals surface area contributed by atoms with Gasteiger partial charge in [-0.3, -0.25) is 0 Å². The first-order valence-corrected chi connectivity index (χ1v) is 8.68. The highest BCUT2D eigenvalue weighted by molar-refractivity contribution is 7.99. The van der Waals surface area contributed by atoms with Gasteiger partial charge in [-0.15, -0.1) is 11.8 Å². The van der Waals surface area contributed by atoms with E-state index in [1.165, 1.54) is 6.07 Å². The molecule has 0 spiro atoms. The first kappa shape index (κ1) is 15.6. The summed E-state index contributed by atoms with van der Waals surface area (Å²) in [4.78, 5) is 2.02. The molecule has 3 rings (SSSR count). The summed E-state index contributed by atoms with van der Waals surface area (Å²) in [5.74, 6) is 0.725. The van der Waals surface area contributed by atoms with Crippen LogP contribution in [0.3, 0.4) is 0 Å². The van der Waals surface area contributed by atoms with Crippen molar-refractivity contribution in [3.05, 3.63) is 64.9 Å². The number of benzene rings is 2. The fraction of sp³-hybridized carbons (Fsp3) is 0.188. The van der Waals surface area contributed by atoms with E-state index in [1.807, 2.05) is 29.2 Å². The average Bonchev–Trinajstić information content (AvgIpc) is 2.99. The summed E-state index contributed by atoms with van der Waals surface area (Å²) < 4.78 is 14.0. The van der Waals surface area contributed by atoms with Gasteiger partial charge in [0.25, 0.3) is 0 Å². The fourth-order valence-corrected chi connectivity index (χ4v) is 4.13. The van der Waals surface area contributed by atoms with Crippen molar-refractivity contribution in [2.24, 2.45) is 0 Å². The highest BCUT2D eigenvalue weighted by atomic mass is 35.5. The van der Waals surface area contributed by atoms with Crippen molar-refractivity contribution >= 4 is 46.4 Å². The highest BCUT2D eigenvalue weighted by Gasteiger charge is 2.30. The van der Waals surface area contributed by atoms with Crippen LogP contribution in [0.25, 0.3) is 0 Å². The number of halogens is 2. The van der Waals surface area contributed by atoms with E-state index in [0.717, 1.165) is 18.0 Å². The third kappa shape index (κ3) is 3.37. The van der Waals surface area contributed by atoms with E-state index in [0.29, 0.717) is 15.7 Å². The van der Waals surface area contributed by atoms with Gasteiger partial charge < -0.3 is 10.2 Å². The lowest BCUT2D eigenvalue weighted by Gasteiger charge is -2.27. The van der Waals surface area contributed by atoms with Gasteiger partial charge >= 0.3 is 0 Å². The number of hydrogen-bond acceptors (Lipinski definition) is 2. The second kappa shape index (κ2) is 6.86. The third-order valence-electron chi connectivity index (χ3n) is 3.42. The monoisotopic (exact) mass is 352 g/mol. The Morgan fingerprint density at radius 2 is 1.95 bits per heavy atom. The van der Waals surface area contributed by atoms with Crippen LogP contribution in [0.5, 0.6) is 0 Å². The van der Waals surface area contributed by atoms with Crippen LogP contribution in [0.15, 0.2) is 48.5 Å². The van der Waals surface area contributed by atoms with Crippen LogP contribution < -0.4 is 5.32 Å². The normalized spacial score (nSPS) is 17.5. The zero-order valence-electron chi connectivity index (χ0n) is 11.6. The minimum Gasteiger partial charge on any atom is -0.333 e. The summed E-state index contributed by atoms with van der Waals surface area (Å²) >= 11 is 13.1. The molecule has 0 amide bonds. The lowest BCUT2D eigenvalue weighted by molar-refractivity contribution is 0.443. The zero-order valence-corrected chi connectivity index (χ0v) is 14.0. The molecule has 0 radical (unpaired) electrons. The zero-order chi connectivity index (χ0) is 15.5. The van der Waals surface area contributed by atoms with Gasteiger partial charge in [0, 0.05) is 28.6 Å². The molecule has 1 aliphatic rings. The van der Waals surface area contributed by atoms with Gasteiger partial charge in [-0.1, -0.05) is 29.8 Å². The molecule has 2 aromatic carbocycles. The largest absolute Gasteiger partial charge is 0.333 e. The predicted octanol–water partition coefficient (Wildman–Crippen LogP) is 4.92. The maximum absolute atomic E-state index is 14.0. The molecule has 0 bridgehead atoms. The van der Waals surface area contributed by atoms with Crippen LogP contribution in [0, 0.1) is 5.82 Å². The Balaban J connectivity index is 1.76. The van der Waals surface area contributed by atoms with Crippen molar-refractivity contribution in [2.45, 2.75) is 5.37 Å². The van der Waals surface area contributed by atoms with E-state index in [2.05, 4.69) is 5.32 Å². The minimum atomic E-state index is -0.193. The van der Waals surface area contributed by atoms with Gasteiger partial charge in [-0.25, -0.2) is 4.39 Å². The molecule has 0 aliphatic carbocycles. The fourth-order valence-electron chi connectivity index (χ4n) is 2.34. The molecule has 22 heavy (non-hydrogen) atoms. The number of thiocarbonyl (C=S) groups is 1. The summed E-state index contributed by atoms with van der Waals surface area (Å²) in [6.07, 6.45) is 0. The molecule has 1 aliphatic heterocycles. The van der Waals surface area contributed by atoms with E-state index in [1.54, 1.807) is 30.0 Å². The molecule has 1 saturated heterocycles. The summed E-state index contributed by atoms with van der Waals surface area (Å²) in [6.45, 7) is 0.795. The topological polar surface area (TPSA) is 15.3 Å². The highest BCUT2D eigenvalue weighted by Crippen LogP contribution is 2.39. The number of nitrogens with zero attached hydrogens (tertiary/aromatic N) is 1. The second-order valence-electron chi connectivity index (χ2n) is 4.88. The molecule has 0 saturated carbocycles. The van der Waals surface area contributed by atoms with Crippen LogP contribution in [0.2, 0.25) is 5.02 Å². The van der Waals surface area contributed by atoms with Gasteiger partial charge in [0.05, 0.1) is 0 Å².